The number of rotatable bonds is 3. The van der Waals surface area contributed by atoms with Gasteiger partial charge >= 0.3 is 0 Å². The summed E-state index contributed by atoms with van der Waals surface area (Å²) in [5.41, 5.74) is 0. The summed E-state index contributed by atoms with van der Waals surface area (Å²) in [5.74, 6) is 0.940. The highest BCUT2D eigenvalue weighted by Gasteiger charge is 2.34. The summed E-state index contributed by atoms with van der Waals surface area (Å²) >= 11 is 0. The summed E-state index contributed by atoms with van der Waals surface area (Å²) < 4.78 is 0. The van der Waals surface area contributed by atoms with E-state index in [2.05, 4.69) is 12.2 Å². The van der Waals surface area contributed by atoms with E-state index in [4.69, 9.17) is 0 Å². The summed E-state index contributed by atoms with van der Waals surface area (Å²) in [6.45, 7) is 3.57. The van der Waals surface area contributed by atoms with Gasteiger partial charge in [-0.15, -0.1) is 0 Å². The van der Waals surface area contributed by atoms with Crippen LogP contribution in [-0.4, -0.2) is 36.3 Å². The van der Waals surface area contributed by atoms with Crippen LogP contribution in [0.2, 0.25) is 0 Å². The van der Waals surface area contributed by atoms with Crippen LogP contribution < -0.4 is 5.32 Å². The fourth-order valence-electron chi connectivity index (χ4n) is 2.37. The lowest BCUT2D eigenvalue weighted by Gasteiger charge is -2.33. The van der Waals surface area contributed by atoms with Crippen molar-refractivity contribution in [2.24, 2.45) is 11.8 Å². The van der Waals surface area contributed by atoms with Gasteiger partial charge in [0.2, 0.25) is 12.3 Å². The van der Waals surface area contributed by atoms with E-state index in [1.165, 1.54) is 6.42 Å². The maximum atomic E-state index is 11.8. The van der Waals surface area contributed by atoms with Crippen molar-refractivity contribution in [3.63, 3.8) is 0 Å². The minimum Gasteiger partial charge on any atom is -0.351 e. The first kappa shape index (κ1) is 10.5. The van der Waals surface area contributed by atoms with Gasteiger partial charge < -0.3 is 10.2 Å². The zero-order valence-corrected chi connectivity index (χ0v) is 9.11. The Balaban J connectivity index is 1.77. The molecule has 0 aromatic rings. The molecule has 1 N–H and O–H groups in total. The molecule has 15 heavy (non-hydrogen) atoms. The smallest absolute Gasteiger partial charge is 0.223 e. The Labute approximate surface area is 90.0 Å². The van der Waals surface area contributed by atoms with Crippen molar-refractivity contribution >= 4 is 12.3 Å². The molecule has 1 saturated carbocycles. The molecular weight excluding hydrogens is 192 g/mol. The second-order valence-electron chi connectivity index (χ2n) is 4.76. The van der Waals surface area contributed by atoms with Crippen LogP contribution in [0.5, 0.6) is 0 Å². The third-order valence-corrected chi connectivity index (χ3v) is 3.67. The molecule has 0 aromatic heterocycles. The van der Waals surface area contributed by atoms with Gasteiger partial charge in [-0.2, -0.15) is 0 Å². The summed E-state index contributed by atoms with van der Waals surface area (Å²) in [5, 5.41) is 3.04. The average Bonchev–Trinajstić information content (AvgIpc) is 2.63. The van der Waals surface area contributed by atoms with Gasteiger partial charge in [-0.1, -0.05) is 6.92 Å². The highest BCUT2D eigenvalue weighted by Crippen LogP contribution is 2.33. The minimum atomic E-state index is 0.176. The molecule has 1 saturated heterocycles. The van der Waals surface area contributed by atoms with Crippen LogP contribution in [0.15, 0.2) is 0 Å². The number of carbonyl (C=O) groups excluding carboxylic acids is 2. The Bertz CT molecular complexity index is 267. The van der Waals surface area contributed by atoms with Crippen molar-refractivity contribution in [3.05, 3.63) is 0 Å². The minimum absolute atomic E-state index is 0.176. The first-order chi connectivity index (χ1) is 7.20. The van der Waals surface area contributed by atoms with Gasteiger partial charge in [0.25, 0.3) is 0 Å². The van der Waals surface area contributed by atoms with E-state index >= 15 is 0 Å². The van der Waals surface area contributed by atoms with E-state index in [1.807, 2.05) is 0 Å². The van der Waals surface area contributed by atoms with E-state index in [-0.39, 0.29) is 17.9 Å². The van der Waals surface area contributed by atoms with Crippen LogP contribution in [0.3, 0.4) is 0 Å². The van der Waals surface area contributed by atoms with Crippen molar-refractivity contribution < 1.29 is 9.59 Å². The Morgan fingerprint density at radius 2 is 2.20 bits per heavy atom. The summed E-state index contributed by atoms with van der Waals surface area (Å²) in [7, 11) is 0. The molecule has 4 heteroatoms. The molecule has 84 valence electrons. The Morgan fingerprint density at radius 1 is 1.40 bits per heavy atom. The fourth-order valence-corrected chi connectivity index (χ4v) is 2.37. The summed E-state index contributed by atoms with van der Waals surface area (Å²) in [6, 6.07) is 0.176. The van der Waals surface area contributed by atoms with Crippen LogP contribution in [0.25, 0.3) is 0 Å². The standard InChI is InChI=1S/C11H18N2O2/c1-8-2-3-10(8)11(15)12-9-4-5-13(6-9)7-14/h7-10H,2-6H2,1H3,(H,12,15). The molecule has 2 aliphatic rings. The van der Waals surface area contributed by atoms with Crippen LogP contribution >= 0.6 is 0 Å². The Morgan fingerprint density at radius 3 is 2.67 bits per heavy atom. The van der Waals surface area contributed by atoms with Crippen molar-refractivity contribution in [2.75, 3.05) is 13.1 Å². The maximum Gasteiger partial charge on any atom is 0.223 e. The van der Waals surface area contributed by atoms with Crippen LogP contribution in [0, 0.1) is 11.8 Å². The predicted molar refractivity (Wildman–Crippen MR) is 56.1 cm³/mol. The lowest BCUT2D eigenvalue weighted by atomic mass is 9.74. The highest BCUT2D eigenvalue weighted by atomic mass is 16.2. The normalized spacial score (nSPS) is 34.7. The fraction of sp³-hybridized carbons (Fsp3) is 0.818. The zero-order valence-electron chi connectivity index (χ0n) is 9.11. The monoisotopic (exact) mass is 210 g/mol. The molecule has 3 unspecified atom stereocenters. The largest absolute Gasteiger partial charge is 0.351 e. The van der Waals surface area contributed by atoms with E-state index in [1.54, 1.807) is 4.90 Å². The second kappa shape index (κ2) is 4.21. The van der Waals surface area contributed by atoms with Gasteiger partial charge in [0.1, 0.15) is 0 Å². The maximum absolute atomic E-state index is 11.8. The van der Waals surface area contributed by atoms with Crippen LogP contribution in [0.4, 0.5) is 0 Å². The second-order valence-corrected chi connectivity index (χ2v) is 4.76. The van der Waals surface area contributed by atoms with Gasteiger partial charge in [-0.3, -0.25) is 9.59 Å². The molecule has 2 amide bonds. The topological polar surface area (TPSA) is 49.4 Å². The molecule has 2 rings (SSSR count). The number of nitrogens with one attached hydrogen (secondary N) is 1. The van der Waals surface area contributed by atoms with E-state index in [9.17, 15) is 9.59 Å². The van der Waals surface area contributed by atoms with Crippen LogP contribution in [-0.2, 0) is 9.59 Å². The third-order valence-electron chi connectivity index (χ3n) is 3.67. The average molecular weight is 210 g/mol. The lowest BCUT2D eigenvalue weighted by molar-refractivity contribution is -0.130. The quantitative estimate of drug-likeness (QED) is 0.685. The molecule has 1 aliphatic carbocycles. The summed E-state index contributed by atoms with van der Waals surface area (Å²) in [4.78, 5) is 24.0. The van der Waals surface area contributed by atoms with Crippen molar-refractivity contribution in [3.8, 4) is 0 Å². The van der Waals surface area contributed by atoms with Gasteiger partial charge in [-0.25, -0.2) is 0 Å². The molecule has 0 radical (unpaired) electrons. The Kier molecular flexibility index (Phi) is 2.93. The molecular formula is C11H18N2O2. The molecule has 0 aromatic carbocycles. The number of nitrogens with zero attached hydrogens (tertiary/aromatic N) is 1. The number of likely N-dealkylation sites (tertiary alicyclic amines) is 1. The first-order valence-electron chi connectivity index (χ1n) is 5.70. The molecule has 4 nitrogen and oxygen atoms in total. The number of hydrogen-bond acceptors (Lipinski definition) is 2. The molecule has 0 bridgehead atoms. The van der Waals surface area contributed by atoms with Crippen LogP contribution in [0.1, 0.15) is 26.2 Å². The SMILES string of the molecule is CC1CCC1C(=O)NC1CCN(C=O)C1. The van der Waals surface area contributed by atoms with Gasteiger partial charge in [0.15, 0.2) is 0 Å². The summed E-state index contributed by atoms with van der Waals surface area (Å²) in [6.07, 6.45) is 3.95. The predicted octanol–water partition coefficient (Wildman–Crippen LogP) is 0.379. The zero-order chi connectivity index (χ0) is 10.8. The Hall–Kier alpha value is -1.06. The molecule has 3 atom stereocenters. The molecule has 1 aliphatic heterocycles. The molecule has 1 heterocycles. The van der Waals surface area contributed by atoms with E-state index in [0.29, 0.717) is 12.5 Å². The number of carbonyl (C=O) groups is 2. The van der Waals surface area contributed by atoms with Gasteiger partial charge in [0.05, 0.1) is 0 Å². The number of hydrogen-bond donors (Lipinski definition) is 1. The van der Waals surface area contributed by atoms with Crippen molar-refractivity contribution in [1.29, 1.82) is 0 Å². The van der Waals surface area contributed by atoms with Crippen molar-refractivity contribution in [2.45, 2.75) is 32.2 Å². The van der Waals surface area contributed by atoms with Gasteiger partial charge in [-0.05, 0) is 25.2 Å². The third kappa shape index (κ3) is 2.13. The van der Waals surface area contributed by atoms with Gasteiger partial charge in [0, 0.05) is 25.0 Å². The molecule has 2 fully saturated rings. The lowest BCUT2D eigenvalue weighted by Crippen LogP contribution is -2.45. The highest BCUT2D eigenvalue weighted by molar-refractivity contribution is 5.80. The van der Waals surface area contributed by atoms with E-state index in [0.717, 1.165) is 25.8 Å². The van der Waals surface area contributed by atoms with Crippen molar-refractivity contribution in [1.82, 2.24) is 10.2 Å². The van der Waals surface area contributed by atoms with E-state index < -0.39 is 0 Å². The number of amides is 2. The first-order valence-corrected chi connectivity index (χ1v) is 5.70. The molecule has 0 spiro atoms.